The van der Waals surface area contributed by atoms with Crippen LogP contribution in [0.5, 0.6) is 0 Å². The summed E-state index contributed by atoms with van der Waals surface area (Å²) in [4.78, 5) is 17.3. The molecule has 4 nitrogen and oxygen atoms in total. The Hall–Kier alpha value is -2.36. The predicted molar refractivity (Wildman–Crippen MR) is 125 cm³/mol. The van der Waals surface area contributed by atoms with Crippen LogP contribution in [0, 0.1) is 5.92 Å². The monoisotopic (exact) mass is 407 g/mol. The summed E-state index contributed by atoms with van der Waals surface area (Å²) in [6.45, 7) is 11.6. The third-order valence-electron chi connectivity index (χ3n) is 5.83. The van der Waals surface area contributed by atoms with Gasteiger partial charge in [0.1, 0.15) is 5.82 Å². The van der Waals surface area contributed by atoms with Gasteiger partial charge in [0.25, 0.3) is 0 Å². The number of carbonyl (C=O) groups excluding carboxylic acids is 1. The quantitative estimate of drug-likeness (QED) is 0.552. The van der Waals surface area contributed by atoms with Crippen LogP contribution in [0.1, 0.15) is 82.9 Å². The number of hydrogen-bond donors (Lipinski definition) is 1. The maximum atomic E-state index is 12.4. The van der Waals surface area contributed by atoms with Gasteiger partial charge in [0.15, 0.2) is 0 Å². The van der Waals surface area contributed by atoms with Crippen LogP contribution in [0.4, 0.5) is 0 Å². The van der Waals surface area contributed by atoms with Crippen molar-refractivity contribution in [2.75, 3.05) is 6.54 Å². The smallest absolute Gasteiger partial charge is 0.247 e. The van der Waals surface area contributed by atoms with Crippen molar-refractivity contribution in [1.82, 2.24) is 14.9 Å². The van der Waals surface area contributed by atoms with Gasteiger partial charge in [-0.15, -0.1) is 0 Å². The first-order valence-electron chi connectivity index (χ1n) is 11.7. The Morgan fingerprint density at radius 2 is 1.93 bits per heavy atom. The van der Waals surface area contributed by atoms with Gasteiger partial charge >= 0.3 is 0 Å². The van der Waals surface area contributed by atoms with Crippen molar-refractivity contribution in [1.29, 1.82) is 0 Å². The molecule has 0 radical (unpaired) electrons. The number of benzene rings is 1. The number of aryl methyl sites for hydroxylation is 3. The topological polar surface area (TPSA) is 46.9 Å². The second-order valence-electron chi connectivity index (χ2n) is 8.81. The molecular weight excluding hydrogens is 370 g/mol. The molecule has 30 heavy (non-hydrogen) atoms. The highest BCUT2D eigenvalue weighted by molar-refractivity contribution is 6.06. The first-order chi connectivity index (χ1) is 14.5. The SMILES string of the molecule is CCCCc1nc(CCC)cn1-c1ccc(C2=C(CC(C)C)C(=O)NC2)cc1CC. The molecule has 0 saturated carbocycles. The Morgan fingerprint density at radius 3 is 2.60 bits per heavy atom. The highest BCUT2D eigenvalue weighted by Crippen LogP contribution is 2.30. The molecule has 1 aromatic heterocycles. The molecule has 4 heteroatoms. The fraction of sp³-hybridized carbons (Fsp3) is 0.538. The predicted octanol–water partition coefficient (Wildman–Crippen LogP) is 5.66. The number of unbranched alkanes of at least 4 members (excludes halogenated alkanes) is 1. The molecule has 1 aliphatic heterocycles. The second kappa shape index (κ2) is 10.1. The van der Waals surface area contributed by atoms with Gasteiger partial charge in [-0.05, 0) is 60.4 Å². The molecule has 0 spiro atoms. The van der Waals surface area contributed by atoms with E-state index in [0.29, 0.717) is 12.5 Å². The number of nitrogens with one attached hydrogen (secondary N) is 1. The number of rotatable bonds is 10. The lowest BCUT2D eigenvalue weighted by Gasteiger charge is -2.15. The lowest BCUT2D eigenvalue weighted by Crippen LogP contribution is -2.18. The zero-order valence-corrected chi connectivity index (χ0v) is 19.3. The molecule has 3 rings (SSSR count). The van der Waals surface area contributed by atoms with Crippen LogP contribution in [0.2, 0.25) is 0 Å². The zero-order valence-electron chi connectivity index (χ0n) is 19.3. The largest absolute Gasteiger partial charge is 0.348 e. The molecule has 1 aliphatic rings. The van der Waals surface area contributed by atoms with Gasteiger partial charge in [-0.3, -0.25) is 4.79 Å². The number of hydrogen-bond acceptors (Lipinski definition) is 2. The Morgan fingerprint density at radius 1 is 1.13 bits per heavy atom. The van der Waals surface area contributed by atoms with Gasteiger partial charge in [-0.25, -0.2) is 4.98 Å². The summed E-state index contributed by atoms with van der Waals surface area (Å²) in [5.41, 5.74) is 7.01. The van der Waals surface area contributed by atoms with E-state index >= 15 is 0 Å². The number of aromatic nitrogens is 2. The summed E-state index contributed by atoms with van der Waals surface area (Å²) in [7, 11) is 0. The average molecular weight is 408 g/mol. The lowest BCUT2D eigenvalue weighted by molar-refractivity contribution is -0.116. The molecule has 1 aromatic carbocycles. The van der Waals surface area contributed by atoms with Crippen molar-refractivity contribution in [3.8, 4) is 5.69 Å². The minimum Gasteiger partial charge on any atom is -0.348 e. The minimum absolute atomic E-state index is 0.0986. The molecule has 0 atom stereocenters. The van der Waals surface area contributed by atoms with Gasteiger partial charge in [0.2, 0.25) is 5.91 Å². The fourth-order valence-electron chi connectivity index (χ4n) is 4.28. The van der Waals surface area contributed by atoms with Crippen LogP contribution >= 0.6 is 0 Å². The molecule has 2 heterocycles. The van der Waals surface area contributed by atoms with E-state index in [2.05, 4.69) is 68.9 Å². The summed E-state index contributed by atoms with van der Waals surface area (Å²) in [5, 5.41) is 3.03. The van der Waals surface area contributed by atoms with Crippen LogP contribution in [0.3, 0.4) is 0 Å². The summed E-state index contributed by atoms with van der Waals surface area (Å²) >= 11 is 0. The normalized spacial score (nSPS) is 14.1. The molecular formula is C26H37N3O. The first kappa shape index (κ1) is 22.3. The van der Waals surface area contributed by atoms with E-state index in [1.165, 1.54) is 40.3 Å². The molecule has 0 fully saturated rings. The van der Waals surface area contributed by atoms with Crippen molar-refractivity contribution in [2.24, 2.45) is 5.92 Å². The summed E-state index contributed by atoms with van der Waals surface area (Å²) in [6, 6.07) is 6.70. The second-order valence-corrected chi connectivity index (χ2v) is 8.81. The fourth-order valence-corrected chi connectivity index (χ4v) is 4.28. The van der Waals surface area contributed by atoms with Crippen LogP contribution in [-0.4, -0.2) is 22.0 Å². The van der Waals surface area contributed by atoms with E-state index < -0.39 is 0 Å². The molecule has 0 unspecified atom stereocenters. The summed E-state index contributed by atoms with van der Waals surface area (Å²) < 4.78 is 2.31. The summed E-state index contributed by atoms with van der Waals surface area (Å²) in [5.74, 6) is 1.73. The van der Waals surface area contributed by atoms with Crippen LogP contribution < -0.4 is 5.32 Å². The van der Waals surface area contributed by atoms with E-state index in [9.17, 15) is 4.79 Å². The maximum absolute atomic E-state index is 12.4. The number of amides is 1. The number of carbonyl (C=O) groups is 1. The molecule has 0 aliphatic carbocycles. The molecule has 2 aromatic rings. The van der Waals surface area contributed by atoms with Crippen molar-refractivity contribution in [2.45, 2.75) is 79.6 Å². The molecule has 0 saturated heterocycles. The van der Waals surface area contributed by atoms with Crippen molar-refractivity contribution < 1.29 is 4.79 Å². The van der Waals surface area contributed by atoms with Gasteiger partial charge in [0.05, 0.1) is 5.69 Å². The Bertz CT molecular complexity index is 920. The number of nitrogens with zero attached hydrogens (tertiary/aromatic N) is 2. The third kappa shape index (κ3) is 4.85. The van der Waals surface area contributed by atoms with E-state index in [4.69, 9.17) is 4.98 Å². The van der Waals surface area contributed by atoms with Crippen molar-refractivity contribution in [3.05, 3.63) is 52.6 Å². The van der Waals surface area contributed by atoms with Crippen molar-refractivity contribution in [3.63, 3.8) is 0 Å². The Kier molecular flexibility index (Phi) is 7.52. The van der Waals surface area contributed by atoms with Crippen molar-refractivity contribution >= 4 is 11.5 Å². The molecule has 162 valence electrons. The van der Waals surface area contributed by atoms with Gasteiger partial charge < -0.3 is 9.88 Å². The Balaban J connectivity index is 2.03. The summed E-state index contributed by atoms with van der Waals surface area (Å²) in [6.07, 6.45) is 9.46. The van der Waals surface area contributed by atoms with Gasteiger partial charge in [0, 0.05) is 30.4 Å². The first-order valence-corrected chi connectivity index (χ1v) is 11.7. The molecule has 0 bridgehead atoms. The van der Waals surface area contributed by atoms with Gasteiger partial charge in [-0.1, -0.05) is 53.5 Å². The van der Waals surface area contributed by atoms with E-state index in [1.54, 1.807) is 0 Å². The molecule has 1 amide bonds. The average Bonchev–Trinajstić information content (AvgIpc) is 3.29. The van der Waals surface area contributed by atoms with E-state index in [1.807, 2.05) is 0 Å². The van der Waals surface area contributed by atoms with Crippen LogP contribution in [0.25, 0.3) is 11.3 Å². The zero-order chi connectivity index (χ0) is 21.7. The van der Waals surface area contributed by atoms with Crippen LogP contribution in [-0.2, 0) is 24.1 Å². The van der Waals surface area contributed by atoms with Crippen LogP contribution in [0.15, 0.2) is 30.0 Å². The third-order valence-corrected chi connectivity index (χ3v) is 5.83. The Labute approximate surface area is 181 Å². The highest BCUT2D eigenvalue weighted by atomic mass is 16.1. The van der Waals surface area contributed by atoms with Gasteiger partial charge in [-0.2, -0.15) is 0 Å². The lowest BCUT2D eigenvalue weighted by atomic mass is 9.94. The maximum Gasteiger partial charge on any atom is 0.247 e. The molecule has 1 N–H and O–H groups in total. The van der Waals surface area contributed by atoms with E-state index in [-0.39, 0.29) is 5.91 Å². The number of imidazole rings is 1. The van der Waals surface area contributed by atoms with E-state index in [0.717, 1.165) is 44.1 Å². The minimum atomic E-state index is 0.0986. The standard InChI is InChI=1S/C26H37N3O/c1-6-9-11-25-28-21(10-7-2)17-29(25)24-13-12-20(15-19(24)8-3)23-16-27-26(30)22(23)14-18(4)5/h12-13,15,17-18H,6-11,14,16H2,1-5H3,(H,27,30). The highest BCUT2D eigenvalue weighted by Gasteiger charge is 2.24.